The van der Waals surface area contributed by atoms with Crippen LogP contribution in [0.5, 0.6) is 5.75 Å². The number of hydrogen-bond donors (Lipinski definition) is 2. The fourth-order valence-corrected chi connectivity index (χ4v) is 1.94. The molecule has 0 radical (unpaired) electrons. The van der Waals surface area contributed by atoms with Gasteiger partial charge < -0.3 is 15.2 Å². The summed E-state index contributed by atoms with van der Waals surface area (Å²) in [7, 11) is 1.54. The Balaban J connectivity index is 2.40. The normalized spacial score (nSPS) is 9.76. The molecule has 0 aromatic heterocycles. The molecule has 5 heteroatoms. The van der Waals surface area contributed by atoms with Crippen LogP contribution in [0.15, 0.2) is 36.4 Å². The van der Waals surface area contributed by atoms with Crippen LogP contribution in [0, 0.1) is 18.3 Å². The summed E-state index contributed by atoms with van der Waals surface area (Å²) in [4.78, 5) is 11.1. The zero-order chi connectivity index (χ0) is 15.4. The van der Waals surface area contributed by atoms with Crippen molar-refractivity contribution in [2.45, 2.75) is 6.92 Å². The van der Waals surface area contributed by atoms with Gasteiger partial charge in [-0.3, -0.25) is 0 Å². The van der Waals surface area contributed by atoms with Crippen molar-refractivity contribution in [3.05, 3.63) is 53.1 Å². The van der Waals surface area contributed by atoms with E-state index in [0.29, 0.717) is 28.3 Å². The van der Waals surface area contributed by atoms with Gasteiger partial charge in [0.05, 0.1) is 23.9 Å². The van der Waals surface area contributed by atoms with E-state index in [-0.39, 0.29) is 5.56 Å². The molecule has 0 spiro atoms. The summed E-state index contributed by atoms with van der Waals surface area (Å²) in [5.41, 5.74) is 2.52. The molecule has 5 nitrogen and oxygen atoms in total. The van der Waals surface area contributed by atoms with Crippen molar-refractivity contribution in [1.82, 2.24) is 0 Å². The smallest absolute Gasteiger partial charge is 0.336 e. The molecule has 2 aromatic rings. The molecule has 0 fully saturated rings. The third-order valence-electron chi connectivity index (χ3n) is 3.09. The Morgan fingerprint density at radius 1 is 1.29 bits per heavy atom. The van der Waals surface area contributed by atoms with E-state index in [4.69, 9.17) is 15.1 Å². The number of hydrogen-bond acceptors (Lipinski definition) is 4. The molecule has 2 N–H and O–H groups in total. The first-order valence-electron chi connectivity index (χ1n) is 6.24. The minimum Gasteiger partial charge on any atom is -0.497 e. The van der Waals surface area contributed by atoms with E-state index in [2.05, 4.69) is 11.4 Å². The second kappa shape index (κ2) is 5.97. The first-order valence-corrected chi connectivity index (χ1v) is 6.24. The number of carbonyl (C=O) groups is 1. The average Bonchev–Trinajstić information content (AvgIpc) is 2.48. The van der Waals surface area contributed by atoms with E-state index in [1.54, 1.807) is 44.4 Å². The number of nitrogens with zero attached hydrogens (tertiary/aromatic N) is 1. The Bertz CT molecular complexity index is 733. The van der Waals surface area contributed by atoms with Crippen molar-refractivity contribution in [2.75, 3.05) is 12.4 Å². The molecule has 0 bridgehead atoms. The number of aromatic carboxylic acids is 1. The summed E-state index contributed by atoms with van der Waals surface area (Å²) < 4.78 is 5.13. The summed E-state index contributed by atoms with van der Waals surface area (Å²) in [5, 5.41) is 21.3. The van der Waals surface area contributed by atoms with Crippen LogP contribution in [0.25, 0.3) is 0 Å². The van der Waals surface area contributed by atoms with Crippen molar-refractivity contribution in [3.63, 3.8) is 0 Å². The Hall–Kier alpha value is -3.00. The highest BCUT2D eigenvalue weighted by atomic mass is 16.5. The van der Waals surface area contributed by atoms with Gasteiger partial charge in [-0.05, 0) is 36.8 Å². The summed E-state index contributed by atoms with van der Waals surface area (Å²) in [6.45, 7) is 1.74. The molecule has 106 valence electrons. The third-order valence-corrected chi connectivity index (χ3v) is 3.09. The van der Waals surface area contributed by atoms with Gasteiger partial charge in [0.1, 0.15) is 11.8 Å². The number of benzene rings is 2. The molecule has 0 aliphatic heterocycles. The number of nitriles is 1. The van der Waals surface area contributed by atoms with Gasteiger partial charge in [0.25, 0.3) is 0 Å². The zero-order valence-corrected chi connectivity index (χ0v) is 11.7. The van der Waals surface area contributed by atoms with E-state index in [1.807, 2.05) is 0 Å². The average molecular weight is 282 g/mol. The molecule has 0 amide bonds. The molecule has 2 rings (SSSR count). The van der Waals surface area contributed by atoms with Crippen LogP contribution in [-0.2, 0) is 0 Å². The molecule has 0 aliphatic carbocycles. The standard InChI is InChI=1S/C16H14N2O3/c1-10-3-5-12(7-14(10)16(19)20)18-15-8-13(21-2)6-4-11(15)9-17/h3-8,18H,1-2H3,(H,19,20). The molecule has 21 heavy (non-hydrogen) atoms. The molecule has 0 atom stereocenters. The topological polar surface area (TPSA) is 82.3 Å². The quantitative estimate of drug-likeness (QED) is 0.898. The lowest BCUT2D eigenvalue weighted by Crippen LogP contribution is -2.02. The summed E-state index contributed by atoms with van der Waals surface area (Å²) >= 11 is 0. The van der Waals surface area contributed by atoms with Crippen LogP contribution in [0.2, 0.25) is 0 Å². The number of rotatable bonds is 4. The Kier molecular flexibility index (Phi) is 4.10. The number of anilines is 2. The summed E-state index contributed by atoms with van der Waals surface area (Å²) in [6, 6.07) is 12.1. The zero-order valence-electron chi connectivity index (χ0n) is 11.7. The fraction of sp³-hybridized carbons (Fsp3) is 0.125. The second-order valence-electron chi connectivity index (χ2n) is 4.48. The van der Waals surface area contributed by atoms with Crippen molar-refractivity contribution < 1.29 is 14.6 Å². The number of carboxylic acid groups (broad SMARTS) is 1. The monoisotopic (exact) mass is 282 g/mol. The Labute approximate surface area is 122 Å². The Morgan fingerprint density at radius 2 is 2.05 bits per heavy atom. The molecular formula is C16H14N2O3. The maximum absolute atomic E-state index is 11.1. The first kappa shape index (κ1) is 14.4. The van der Waals surface area contributed by atoms with Gasteiger partial charge >= 0.3 is 5.97 Å². The number of aryl methyl sites for hydroxylation is 1. The first-order chi connectivity index (χ1) is 10.0. The van der Waals surface area contributed by atoms with Gasteiger partial charge in [0.2, 0.25) is 0 Å². The van der Waals surface area contributed by atoms with Crippen LogP contribution in [0.4, 0.5) is 11.4 Å². The van der Waals surface area contributed by atoms with Crippen LogP contribution in [0.3, 0.4) is 0 Å². The second-order valence-corrected chi connectivity index (χ2v) is 4.48. The molecule has 0 heterocycles. The van der Waals surface area contributed by atoms with Crippen LogP contribution in [-0.4, -0.2) is 18.2 Å². The highest BCUT2D eigenvalue weighted by Crippen LogP contribution is 2.26. The molecule has 0 unspecified atom stereocenters. The number of nitrogens with one attached hydrogen (secondary N) is 1. The van der Waals surface area contributed by atoms with E-state index >= 15 is 0 Å². The lowest BCUT2D eigenvalue weighted by molar-refractivity contribution is 0.0696. The minimum atomic E-state index is -0.984. The van der Waals surface area contributed by atoms with Crippen LogP contribution < -0.4 is 10.1 Å². The van der Waals surface area contributed by atoms with Gasteiger partial charge in [0, 0.05) is 11.8 Å². The molecule has 0 saturated carbocycles. The van der Waals surface area contributed by atoms with Crippen molar-refractivity contribution >= 4 is 17.3 Å². The molecular weight excluding hydrogens is 268 g/mol. The predicted octanol–water partition coefficient (Wildman–Crippen LogP) is 3.32. The number of carboxylic acids is 1. The van der Waals surface area contributed by atoms with Gasteiger partial charge in [-0.2, -0.15) is 5.26 Å². The SMILES string of the molecule is COc1ccc(C#N)c(Nc2ccc(C)c(C(=O)O)c2)c1. The minimum absolute atomic E-state index is 0.224. The van der Waals surface area contributed by atoms with Gasteiger partial charge in [0.15, 0.2) is 0 Å². The lowest BCUT2D eigenvalue weighted by Gasteiger charge is -2.11. The number of methoxy groups -OCH3 is 1. The lowest BCUT2D eigenvalue weighted by atomic mass is 10.1. The van der Waals surface area contributed by atoms with Crippen molar-refractivity contribution in [1.29, 1.82) is 5.26 Å². The van der Waals surface area contributed by atoms with Crippen LogP contribution in [0.1, 0.15) is 21.5 Å². The van der Waals surface area contributed by atoms with E-state index < -0.39 is 5.97 Å². The maximum Gasteiger partial charge on any atom is 0.336 e. The fourth-order valence-electron chi connectivity index (χ4n) is 1.94. The van der Waals surface area contributed by atoms with Gasteiger partial charge in [-0.25, -0.2) is 4.79 Å². The summed E-state index contributed by atoms with van der Waals surface area (Å²) in [5.74, 6) is -0.371. The molecule has 0 aliphatic rings. The van der Waals surface area contributed by atoms with Crippen molar-refractivity contribution in [2.24, 2.45) is 0 Å². The number of ether oxygens (including phenoxy) is 1. The van der Waals surface area contributed by atoms with Gasteiger partial charge in [-0.1, -0.05) is 6.07 Å². The third kappa shape index (κ3) is 3.12. The van der Waals surface area contributed by atoms with E-state index in [1.165, 1.54) is 6.07 Å². The van der Waals surface area contributed by atoms with Crippen molar-refractivity contribution in [3.8, 4) is 11.8 Å². The molecule has 2 aromatic carbocycles. The Morgan fingerprint density at radius 3 is 2.67 bits per heavy atom. The highest BCUT2D eigenvalue weighted by Gasteiger charge is 2.09. The van der Waals surface area contributed by atoms with Crippen LogP contribution >= 0.6 is 0 Å². The summed E-state index contributed by atoms with van der Waals surface area (Å²) in [6.07, 6.45) is 0. The van der Waals surface area contributed by atoms with E-state index in [9.17, 15) is 4.79 Å². The predicted molar refractivity (Wildman–Crippen MR) is 79.1 cm³/mol. The maximum atomic E-state index is 11.1. The molecule has 0 saturated heterocycles. The van der Waals surface area contributed by atoms with E-state index in [0.717, 1.165) is 0 Å². The highest BCUT2D eigenvalue weighted by molar-refractivity contribution is 5.91. The van der Waals surface area contributed by atoms with Gasteiger partial charge in [-0.15, -0.1) is 0 Å². The largest absolute Gasteiger partial charge is 0.497 e.